The highest BCUT2D eigenvalue weighted by atomic mass is 79.9. The van der Waals surface area contributed by atoms with Crippen LogP contribution in [0.25, 0.3) is 22.3 Å². The number of halogens is 2. The molecule has 0 aliphatic rings. The number of nitrogens with zero attached hydrogens (tertiary/aromatic N) is 2. The summed E-state index contributed by atoms with van der Waals surface area (Å²) in [4.78, 5) is 19.1. The molecule has 1 atom stereocenters. The number of pyridine rings is 1. The first-order valence-corrected chi connectivity index (χ1v) is 8.27. The van der Waals surface area contributed by atoms with E-state index in [9.17, 15) is 9.18 Å². The molecule has 1 N–H and O–H groups in total. The van der Waals surface area contributed by atoms with Gasteiger partial charge in [0.1, 0.15) is 0 Å². The van der Waals surface area contributed by atoms with E-state index >= 15 is 0 Å². The monoisotopic (exact) mass is 399 g/mol. The number of hydrogen-bond donors (Lipinski definition) is 1. The normalized spacial score (nSPS) is 12.4. The van der Waals surface area contributed by atoms with Crippen LogP contribution in [0.5, 0.6) is 0 Å². The Kier molecular flexibility index (Phi) is 3.93. The third-order valence-electron chi connectivity index (χ3n) is 3.80. The van der Waals surface area contributed by atoms with Gasteiger partial charge < -0.3 is 9.51 Å². The van der Waals surface area contributed by atoms with Gasteiger partial charge in [0, 0.05) is 15.4 Å². The molecule has 5 nitrogen and oxygen atoms in total. The van der Waals surface area contributed by atoms with E-state index in [4.69, 9.17) is 4.52 Å². The molecular weight excluding hydrogens is 389 g/mol. The maximum Gasteiger partial charge on any atom is 0.266 e. The molecule has 0 saturated carbocycles. The SMILES string of the molecule is O=c1[nH]c2ccc(Br)cc2cc1-c1noc(C(F)c2ccccc2)n1. The van der Waals surface area contributed by atoms with Crippen LogP contribution in [0.3, 0.4) is 0 Å². The van der Waals surface area contributed by atoms with E-state index in [2.05, 4.69) is 31.1 Å². The summed E-state index contributed by atoms with van der Waals surface area (Å²) in [6.07, 6.45) is -1.55. The second kappa shape index (κ2) is 6.25. The van der Waals surface area contributed by atoms with Crippen LogP contribution in [0.15, 0.2) is 68.4 Å². The molecule has 0 amide bonds. The summed E-state index contributed by atoms with van der Waals surface area (Å²) in [7, 11) is 0. The largest absolute Gasteiger partial charge is 0.335 e. The summed E-state index contributed by atoms with van der Waals surface area (Å²) in [6.45, 7) is 0. The van der Waals surface area contributed by atoms with Crippen molar-refractivity contribution in [1.82, 2.24) is 15.1 Å². The molecule has 7 heteroatoms. The molecule has 2 heterocycles. The van der Waals surface area contributed by atoms with Crippen LogP contribution in [0.2, 0.25) is 0 Å². The molecule has 0 aliphatic carbocycles. The minimum absolute atomic E-state index is 0.0525. The lowest BCUT2D eigenvalue weighted by atomic mass is 10.1. The Balaban J connectivity index is 1.76. The highest BCUT2D eigenvalue weighted by Crippen LogP contribution is 2.26. The average molecular weight is 400 g/mol. The fourth-order valence-corrected chi connectivity index (χ4v) is 2.93. The van der Waals surface area contributed by atoms with Crippen LogP contribution in [0, 0.1) is 0 Å². The van der Waals surface area contributed by atoms with Crippen molar-refractivity contribution in [3.63, 3.8) is 0 Å². The number of nitrogens with one attached hydrogen (secondary N) is 1. The van der Waals surface area contributed by atoms with E-state index in [-0.39, 0.29) is 22.8 Å². The summed E-state index contributed by atoms with van der Waals surface area (Å²) in [5.74, 6) is -0.133. The number of fused-ring (bicyclic) bond motifs is 1. The molecular formula is C18H11BrFN3O2. The Labute approximate surface area is 149 Å². The number of hydrogen-bond acceptors (Lipinski definition) is 4. The molecule has 4 rings (SSSR count). The number of alkyl halides is 1. The third-order valence-corrected chi connectivity index (χ3v) is 4.29. The first-order valence-electron chi connectivity index (χ1n) is 7.47. The molecule has 25 heavy (non-hydrogen) atoms. The molecule has 0 spiro atoms. The van der Waals surface area contributed by atoms with E-state index in [1.807, 2.05) is 12.1 Å². The standard InChI is InChI=1S/C18H11BrFN3O2/c19-12-6-7-14-11(8-12)9-13(17(24)21-14)16-22-18(25-23-16)15(20)10-4-2-1-3-5-10/h1-9,15H,(H,21,24). The van der Waals surface area contributed by atoms with Gasteiger partial charge in [-0.25, -0.2) is 4.39 Å². The van der Waals surface area contributed by atoms with Crippen molar-refractivity contribution in [1.29, 1.82) is 0 Å². The van der Waals surface area contributed by atoms with Gasteiger partial charge in [-0.1, -0.05) is 51.4 Å². The van der Waals surface area contributed by atoms with Crippen LogP contribution < -0.4 is 5.56 Å². The molecule has 0 radical (unpaired) electrons. The Morgan fingerprint density at radius 1 is 1.12 bits per heavy atom. The van der Waals surface area contributed by atoms with Crippen LogP contribution in [-0.2, 0) is 0 Å². The quantitative estimate of drug-likeness (QED) is 0.554. The number of aromatic nitrogens is 3. The molecule has 2 aromatic carbocycles. The highest BCUT2D eigenvalue weighted by Gasteiger charge is 2.21. The summed E-state index contributed by atoms with van der Waals surface area (Å²) >= 11 is 3.39. The lowest BCUT2D eigenvalue weighted by Crippen LogP contribution is -2.09. The van der Waals surface area contributed by atoms with E-state index in [0.717, 1.165) is 9.86 Å². The van der Waals surface area contributed by atoms with E-state index in [1.165, 1.54) is 0 Å². The molecule has 4 aromatic rings. The van der Waals surface area contributed by atoms with Crippen molar-refractivity contribution >= 4 is 26.8 Å². The molecule has 0 aliphatic heterocycles. The molecule has 124 valence electrons. The van der Waals surface area contributed by atoms with Crippen LogP contribution in [0.1, 0.15) is 17.6 Å². The minimum Gasteiger partial charge on any atom is -0.335 e. The first-order chi connectivity index (χ1) is 12.1. The smallest absolute Gasteiger partial charge is 0.266 e. The Hall–Kier alpha value is -2.80. The minimum atomic E-state index is -1.55. The maximum absolute atomic E-state index is 14.5. The van der Waals surface area contributed by atoms with Gasteiger partial charge in [0.2, 0.25) is 12.0 Å². The fraction of sp³-hybridized carbons (Fsp3) is 0.0556. The molecule has 1 unspecified atom stereocenters. The zero-order valence-electron chi connectivity index (χ0n) is 12.7. The van der Waals surface area contributed by atoms with Crippen molar-refractivity contribution in [3.05, 3.63) is 80.9 Å². The molecule has 0 fully saturated rings. The summed E-state index contributed by atoms with van der Waals surface area (Å²) in [5.41, 5.74) is 0.959. The Morgan fingerprint density at radius 3 is 2.72 bits per heavy atom. The van der Waals surface area contributed by atoms with Crippen molar-refractivity contribution in [2.75, 3.05) is 0 Å². The topological polar surface area (TPSA) is 71.8 Å². The number of benzene rings is 2. The highest BCUT2D eigenvalue weighted by molar-refractivity contribution is 9.10. The predicted octanol–water partition coefficient (Wildman–Crippen LogP) is 4.40. The van der Waals surface area contributed by atoms with Crippen molar-refractivity contribution < 1.29 is 8.91 Å². The van der Waals surface area contributed by atoms with E-state index < -0.39 is 6.17 Å². The van der Waals surface area contributed by atoms with Gasteiger partial charge in [-0.2, -0.15) is 4.98 Å². The van der Waals surface area contributed by atoms with Gasteiger partial charge in [-0.3, -0.25) is 4.79 Å². The average Bonchev–Trinajstić information content (AvgIpc) is 3.11. The van der Waals surface area contributed by atoms with Crippen LogP contribution >= 0.6 is 15.9 Å². The van der Waals surface area contributed by atoms with Crippen molar-refractivity contribution in [2.45, 2.75) is 6.17 Å². The van der Waals surface area contributed by atoms with Gasteiger partial charge in [-0.05, 0) is 29.8 Å². The first kappa shape index (κ1) is 15.7. The molecule has 2 aromatic heterocycles. The zero-order chi connectivity index (χ0) is 17.4. The maximum atomic E-state index is 14.5. The summed E-state index contributed by atoms with van der Waals surface area (Å²) in [6, 6.07) is 15.7. The van der Waals surface area contributed by atoms with Gasteiger partial charge in [0.25, 0.3) is 11.4 Å². The Bertz CT molecular complexity index is 1110. The fourth-order valence-electron chi connectivity index (χ4n) is 2.56. The second-order valence-electron chi connectivity index (χ2n) is 5.47. The van der Waals surface area contributed by atoms with Gasteiger partial charge in [-0.15, -0.1) is 0 Å². The van der Waals surface area contributed by atoms with Crippen molar-refractivity contribution in [3.8, 4) is 11.4 Å². The summed E-state index contributed by atoms with van der Waals surface area (Å²) in [5, 5.41) is 4.57. The zero-order valence-corrected chi connectivity index (χ0v) is 14.3. The number of H-pyrrole nitrogens is 1. The second-order valence-corrected chi connectivity index (χ2v) is 6.39. The van der Waals surface area contributed by atoms with Crippen molar-refractivity contribution in [2.24, 2.45) is 0 Å². The predicted molar refractivity (Wildman–Crippen MR) is 95.0 cm³/mol. The van der Waals surface area contributed by atoms with Crippen LogP contribution in [0.4, 0.5) is 4.39 Å². The van der Waals surface area contributed by atoms with Gasteiger partial charge in [0.05, 0.1) is 5.56 Å². The lowest BCUT2D eigenvalue weighted by Gasteiger charge is -2.02. The summed E-state index contributed by atoms with van der Waals surface area (Å²) < 4.78 is 20.4. The Morgan fingerprint density at radius 2 is 1.92 bits per heavy atom. The van der Waals surface area contributed by atoms with E-state index in [1.54, 1.807) is 42.5 Å². The third kappa shape index (κ3) is 2.98. The molecule has 0 saturated heterocycles. The van der Waals surface area contributed by atoms with E-state index in [0.29, 0.717) is 11.1 Å². The molecule has 0 bridgehead atoms. The van der Waals surface area contributed by atoms with Gasteiger partial charge in [0.15, 0.2) is 0 Å². The number of rotatable bonds is 3. The number of aromatic amines is 1. The lowest BCUT2D eigenvalue weighted by molar-refractivity contribution is 0.282. The van der Waals surface area contributed by atoms with Gasteiger partial charge >= 0.3 is 0 Å². The van der Waals surface area contributed by atoms with Crippen LogP contribution in [-0.4, -0.2) is 15.1 Å².